The second-order valence-corrected chi connectivity index (χ2v) is 13.1. The van der Waals surface area contributed by atoms with Crippen LogP contribution in [0.1, 0.15) is 71.7 Å². The molecule has 0 bridgehead atoms. The molecule has 1 spiro atoms. The molecule has 49 heavy (non-hydrogen) atoms. The molecule has 0 aromatic heterocycles. The van der Waals surface area contributed by atoms with Crippen molar-refractivity contribution in [1.29, 1.82) is 0 Å². The Morgan fingerprint density at radius 3 is 2.22 bits per heavy atom. The predicted molar refractivity (Wildman–Crippen MR) is 182 cm³/mol. The first kappa shape index (κ1) is 30.7. The van der Waals surface area contributed by atoms with Crippen LogP contribution in [0, 0.1) is 17.8 Å². The van der Waals surface area contributed by atoms with E-state index in [1.54, 1.807) is 18.2 Å². The van der Waals surface area contributed by atoms with Crippen molar-refractivity contribution in [3.8, 4) is 17.6 Å². The zero-order valence-corrected chi connectivity index (χ0v) is 26.6. The van der Waals surface area contributed by atoms with Crippen LogP contribution in [0.25, 0.3) is 0 Å². The Kier molecular flexibility index (Phi) is 7.58. The van der Waals surface area contributed by atoms with E-state index < -0.39 is 53.4 Å². The van der Waals surface area contributed by atoms with Crippen molar-refractivity contribution >= 4 is 23.5 Å². The largest absolute Gasteiger partial charge is 0.508 e. The number of cyclic esters (lactones) is 1. The van der Waals surface area contributed by atoms with Gasteiger partial charge in [0.15, 0.2) is 0 Å². The standard InChI is InChI=1S/C41H34N2O6/c44-30-21-19-29(20-22-30)37-41(31-24-26(18-23-32(31)42-40(41)48)17-16-25-10-4-1-5-11-25)33(38(45)46)35-39(47)49-36(28-14-8-3-9-15-28)34(43(35)37)27-12-6-2-7-13-27/h2-3,6-10,12-15,18-24,33-37,44H,1,4-5,11H2,(H,42,48)(H,45,46)/t33-,34-,35-,36+,37+,41-/m1/s1. The van der Waals surface area contributed by atoms with E-state index in [1.165, 1.54) is 12.1 Å². The number of carboxylic acids is 1. The fraction of sp³-hybridized carbons (Fsp3) is 0.244. The first-order valence-electron chi connectivity index (χ1n) is 16.6. The number of esters is 1. The molecule has 0 saturated carbocycles. The first-order valence-corrected chi connectivity index (χ1v) is 16.6. The van der Waals surface area contributed by atoms with Crippen LogP contribution in [0.4, 0.5) is 5.69 Å². The number of benzene rings is 4. The number of carbonyl (C=O) groups is 3. The molecule has 4 aromatic rings. The molecule has 1 amide bonds. The van der Waals surface area contributed by atoms with Crippen LogP contribution < -0.4 is 5.32 Å². The van der Waals surface area contributed by atoms with Crippen molar-refractivity contribution in [2.75, 3.05) is 5.32 Å². The molecule has 8 heteroatoms. The lowest BCUT2D eigenvalue weighted by atomic mass is 9.65. The number of nitrogens with zero attached hydrogens (tertiary/aromatic N) is 1. The number of hydrogen-bond acceptors (Lipinski definition) is 6. The number of phenols is 1. The predicted octanol–water partition coefficient (Wildman–Crippen LogP) is 6.60. The lowest BCUT2D eigenvalue weighted by molar-refractivity contribution is -0.179. The number of allylic oxidation sites excluding steroid dienone is 2. The van der Waals surface area contributed by atoms with Gasteiger partial charge in [0.25, 0.3) is 0 Å². The van der Waals surface area contributed by atoms with Crippen LogP contribution in [0.2, 0.25) is 0 Å². The first-order chi connectivity index (χ1) is 23.9. The van der Waals surface area contributed by atoms with Gasteiger partial charge in [0.1, 0.15) is 29.2 Å². The van der Waals surface area contributed by atoms with Gasteiger partial charge in [-0.2, -0.15) is 0 Å². The SMILES string of the molecule is O=C1O[C@@H](c2ccccc2)[C@@H](c2ccccc2)N2[C@@H](c3ccc(O)cc3)[C@]3(C(=O)Nc4ccc(C#CC5=CCCCC5)cc43)[C@@H](C(=O)O)[C@H]12. The smallest absolute Gasteiger partial charge is 0.325 e. The van der Waals surface area contributed by atoms with Crippen LogP contribution >= 0.6 is 0 Å². The van der Waals surface area contributed by atoms with Gasteiger partial charge >= 0.3 is 11.9 Å². The number of ether oxygens (including phenoxy) is 1. The average Bonchev–Trinajstić information content (AvgIpc) is 3.61. The van der Waals surface area contributed by atoms with Crippen molar-refractivity contribution in [1.82, 2.24) is 4.90 Å². The summed E-state index contributed by atoms with van der Waals surface area (Å²) in [5.41, 5.74) is 3.03. The van der Waals surface area contributed by atoms with E-state index in [2.05, 4.69) is 23.2 Å². The van der Waals surface area contributed by atoms with E-state index in [1.807, 2.05) is 77.7 Å². The lowest BCUT2D eigenvalue weighted by Gasteiger charge is -2.46. The molecule has 6 atom stereocenters. The zero-order valence-electron chi connectivity index (χ0n) is 26.6. The number of carboxylic acid groups (broad SMARTS) is 1. The number of morpholine rings is 1. The maximum absolute atomic E-state index is 14.7. The summed E-state index contributed by atoms with van der Waals surface area (Å²) in [6, 6.07) is 27.8. The van der Waals surface area contributed by atoms with E-state index in [9.17, 15) is 24.6 Å². The highest BCUT2D eigenvalue weighted by atomic mass is 16.6. The van der Waals surface area contributed by atoms with Gasteiger partial charge in [0, 0.05) is 11.3 Å². The minimum absolute atomic E-state index is 0.0211. The second kappa shape index (κ2) is 12.1. The Hall–Kier alpha value is -5.65. The Morgan fingerprint density at radius 1 is 0.837 bits per heavy atom. The second-order valence-electron chi connectivity index (χ2n) is 13.1. The van der Waals surface area contributed by atoms with Gasteiger partial charge < -0.3 is 20.3 Å². The van der Waals surface area contributed by atoms with Crippen molar-refractivity contribution < 1.29 is 29.3 Å². The summed E-state index contributed by atoms with van der Waals surface area (Å²) >= 11 is 0. The molecule has 8 rings (SSSR count). The van der Waals surface area contributed by atoms with Gasteiger partial charge in [-0.1, -0.05) is 90.7 Å². The molecule has 1 aliphatic carbocycles. The molecular formula is C41H34N2O6. The Bertz CT molecular complexity index is 2050. The molecule has 0 radical (unpaired) electrons. The number of hydrogen-bond donors (Lipinski definition) is 3. The summed E-state index contributed by atoms with van der Waals surface area (Å²) < 4.78 is 6.25. The molecular weight excluding hydrogens is 616 g/mol. The molecule has 3 N–H and O–H groups in total. The Labute approximate surface area is 284 Å². The number of aliphatic carboxylic acids is 1. The number of nitrogens with one attached hydrogen (secondary N) is 1. The molecule has 244 valence electrons. The Morgan fingerprint density at radius 2 is 1.55 bits per heavy atom. The molecule has 3 heterocycles. The number of fused-ring (bicyclic) bond motifs is 3. The van der Waals surface area contributed by atoms with Crippen LogP contribution in [0.5, 0.6) is 5.75 Å². The van der Waals surface area contributed by atoms with Gasteiger partial charge in [-0.05, 0) is 83.8 Å². The monoisotopic (exact) mass is 650 g/mol. The van der Waals surface area contributed by atoms with E-state index in [0.29, 0.717) is 22.4 Å². The highest BCUT2D eigenvalue weighted by Gasteiger charge is 2.74. The molecule has 2 saturated heterocycles. The fourth-order valence-corrected chi connectivity index (χ4v) is 8.41. The molecule has 3 aliphatic heterocycles. The normalized spacial score (nSPS) is 27.3. The van der Waals surface area contributed by atoms with Crippen molar-refractivity contribution in [2.45, 2.75) is 55.3 Å². The van der Waals surface area contributed by atoms with Crippen LogP contribution in [-0.4, -0.2) is 39.0 Å². The number of carbonyl (C=O) groups excluding carboxylic acids is 2. The molecule has 8 nitrogen and oxygen atoms in total. The molecule has 4 aromatic carbocycles. The summed E-state index contributed by atoms with van der Waals surface area (Å²) in [7, 11) is 0. The van der Waals surface area contributed by atoms with Crippen LogP contribution in [-0.2, 0) is 24.5 Å². The quantitative estimate of drug-likeness (QED) is 0.168. The van der Waals surface area contributed by atoms with Gasteiger partial charge in [-0.15, -0.1) is 0 Å². The van der Waals surface area contributed by atoms with Gasteiger partial charge in [0.2, 0.25) is 5.91 Å². The fourth-order valence-electron chi connectivity index (χ4n) is 8.41. The van der Waals surface area contributed by atoms with Crippen LogP contribution in [0.15, 0.2) is 115 Å². The van der Waals surface area contributed by atoms with E-state index in [-0.39, 0.29) is 5.75 Å². The summed E-state index contributed by atoms with van der Waals surface area (Å²) in [6.07, 6.45) is 5.48. The van der Waals surface area contributed by atoms with E-state index in [4.69, 9.17) is 4.74 Å². The van der Waals surface area contributed by atoms with Crippen LogP contribution in [0.3, 0.4) is 0 Å². The van der Waals surface area contributed by atoms with Gasteiger partial charge in [0.05, 0.1) is 12.1 Å². The third kappa shape index (κ3) is 4.92. The molecule has 0 unspecified atom stereocenters. The minimum Gasteiger partial charge on any atom is -0.508 e. The molecule has 2 fully saturated rings. The van der Waals surface area contributed by atoms with Crippen molar-refractivity contribution in [3.05, 3.63) is 143 Å². The highest BCUT2D eigenvalue weighted by Crippen LogP contribution is 2.64. The average molecular weight is 651 g/mol. The summed E-state index contributed by atoms with van der Waals surface area (Å²) in [6.45, 7) is 0. The number of rotatable bonds is 4. The number of aromatic hydroxyl groups is 1. The third-order valence-electron chi connectivity index (χ3n) is 10.4. The maximum atomic E-state index is 14.7. The van der Waals surface area contributed by atoms with E-state index in [0.717, 1.165) is 42.4 Å². The number of anilines is 1. The van der Waals surface area contributed by atoms with E-state index >= 15 is 0 Å². The minimum atomic E-state index is -1.76. The summed E-state index contributed by atoms with van der Waals surface area (Å²) in [4.78, 5) is 44.7. The number of phenolic OH excluding ortho intramolecular Hbond substituents is 1. The zero-order chi connectivity index (χ0) is 33.7. The maximum Gasteiger partial charge on any atom is 0.325 e. The van der Waals surface area contributed by atoms with Crippen molar-refractivity contribution in [2.24, 2.45) is 5.92 Å². The highest BCUT2D eigenvalue weighted by molar-refractivity contribution is 6.11. The topological polar surface area (TPSA) is 116 Å². The van der Waals surface area contributed by atoms with Crippen molar-refractivity contribution in [3.63, 3.8) is 0 Å². The van der Waals surface area contributed by atoms with Gasteiger partial charge in [-0.3, -0.25) is 19.3 Å². The van der Waals surface area contributed by atoms with Gasteiger partial charge in [-0.25, -0.2) is 0 Å². The third-order valence-corrected chi connectivity index (χ3v) is 10.4. The summed E-state index contributed by atoms with van der Waals surface area (Å²) in [5.74, 6) is 2.54. The number of amides is 1. The Balaban J connectivity index is 1.39. The molecule has 4 aliphatic rings. The lowest BCUT2D eigenvalue weighted by Crippen LogP contribution is -2.52. The summed E-state index contributed by atoms with van der Waals surface area (Å²) in [5, 5.41) is 24.5.